The summed E-state index contributed by atoms with van der Waals surface area (Å²) >= 11 is 0. The maximum Gasteiger partial charge on any atom is 0.411 e. The van der Waals surface area contributed by atoms with Gasteiger partial charge in [0.2, 0.25) is 0 Å². The Balaban J connectivity index is 1.67. The summed E-state index contributed by atoms with van der Waals surface area (Å²) in [5.74, 6) is -0.796. The summed E-state index contributed by atoms with van der Waals surface area (Å²) in [6, 6.07) is 2.89. The minimum Gasteiger partial charge on any atom is -0.455 e. The fourth-order valence-electron chi connectivity index (χ4n) is 4.62. The molecule has 0 radical (unpaired) electrons. The van der Waals surface area contributed by atoms with E-state index in [1.165, 1.54) is 9.80 Å². The Hall–Kier alpha value is -3.16. The predicted molar refractivity (Wildman–Crippen MR) is 122 cm³/mol. The first-order chi connectivity index (χ1) is 15.4. The normalized spacial score (nSPS) is 24.7. The molecule has 0 N–H and O–H groups in total. The number of rotatable bonds is 3. The molecule has 3 aliphatic rings. The zero-order chi connectivity index (χ0) is 24.1. The largest absolute Gasteiger partial charge is 0.455 e. The first kappa shape index (κ1) is 23.0. The van der Waals surface area contributed by atoms with Crippen molar-refractivity contribution in [1.29, 1.82) is 0 Å². The van der Waals surface area contributed by atoms with E-state index in [4.69, 9.17) is 9.47 Å². The molecule has 1 aromatic rings. The van der Waals surface area contributed by atoms with Gasteiger partial charge in [-0.1, -0.05) is 18.2 Å². The number of carbonyl (C=O) groups is 3. The molecule has 2 amide bonds. The van der Waals surface area contributed by atoms with Crippen LogP contribution in [-0.4, -0.2) is 62.6 Å². The maximum absolute atomic E-state index is 13.2. The van der Waals surface area contributed by atoms with Gasteiger partial charge in [-0.15, -0.1) is 0 Å². The number of carbonyl (C=O) groups excluding carboxylic acids is 3. The number of β-lactam (4-membered cyclic amide) rings is 1. The number of hydrogen-bond donors (Lipinski definition) is 0. The summed E-state index contributed by atoms with van der Waals surface area (Å²) in [4.78, 5) is 46.4. The van der Waals surface area contributed by atoms with Gasteiger partial charge in [-0.3, -0.25) is 19.6 Å². The molecule has 33 heavy (non-hydrogen) atoms. The van der Waals surface area contributed by atoms with Gasteiger partial charge in [0.1, 0.15) is 22.9 Å². The van der Waals surface area contributed by atoms with Crippen LogP contribution in [0.4, 0.5) is 4.79 Å². The molecule has 3 atom stereocenters. The zero-order valence-corrected chi connectivity index (χ0v) is 20.0. The van der Waals surface area contributed by atoms with Crippen molar-refractivity contribution in [3.63, 3.8) is 0 Å². The molecule has 0 spiro atoms. The van der Waals surface area contributed by atoms with Crippen molar-refractivity contribution in [3.8, 4) is 0 Å². The molecular weight excluding hydrogens is 422 g/mol. The highest BCUT2D eigenvalue weighted by molar-refractivity contribution is 6.03. The van der Waals surface area contributed by atoms with E-state index in [9.17, 15) is 14.4 Å². The third-order valence-electron chi connectivity index (χ3n) is 5.77. The molecule has 4 heterocycles. The van der Waals surface area contributed by atoms with E-state index in [1.54, 1.807) is 53.9 Å². The van der Waals surface area contributed by atoms with Gasteiger partial charge in [-0.05, 0) is 65.2 Å². The van der Waals surface area contributed by atoms with Crippen molar-refractivity contribution in [3.05, 3.63) is 47.4 Å². The SMILES string of the molecule is CC(C)(C)OC(=O)C1=C(C=Cc2cccnc2)CC2CN(C(=O)OC(C)(C)C)C3C(=O)N1[C@H]23. The molecular formula is C25H31N3O5. The van der Waals surface area contributed by atoms with Crippen molar-refractivity contribution in [2.75, 3.05) is 6.54 Å². The molecule has 2 saturated heterocycles. The average molecular weight is 454 g/mol. The standard InChI is InChI=1S/C25H31N3O5/c1-24(2,3)32-22(30)19-16(10-9-15-8-7-11-26-13-15)12-17-14-27(23(31)33-25(4,5)6)20-18(17)28(19)21(20)29/h7-11,13,17-18,20H,12,14H2,1-6H3/t17?,18-,20?/m1/s1. The summed E-state index contributed by atoms with van der Waals surface area (Å²) in [6.07, 6.45) is 7.19. The highest BCUT2D eigenvalue weighted by Crippen LogP contribution is 2.48. The van der Waals surface area contributed by atoms with Crippen LogP contribution in [-0.2, 0) is 19.1 Å². The van der Waals surface area contributed by atoms with E-state index in [0.717, 1.165) is 5.56 Å². The second kappa shape index (κ2) is 8.01. The van der Waals surface area contributed by atoms with E-state index >= 15 is 0 Å². The topological polar surface area (TPSA) is 89.0 Å². The third kappa shape index (κ3) is 4.51. The summed E-state index contributed by atoms with van der Waals surface area (Å²) < 4.78 is 11.2. The highest BCUT2D eigenvalue weighted by Gasteiger charge is 2.64. The fourth-order valence-corrected chi connectivity index (χ4v) is 4.62. The van der Waals surface area contributed by atoms with Gasteiger partial charge in [-0.25, -0.2) is 9.59 Å². The van der Waals surface area contributed by atoms with Gasteiger partial charge in [0.05, 0.1) is 6.04 Å². The van der Waals surface area contributed by atoms with Gasteiger partial charge >= 0.3 is 12.1 Å². The van der Waals surface area contributed by atoms with Crippen molar-refractivity contribution < 1.29 is 23.9 Å². The molecule has 4 rings (SSSR count). The van der Waals surface area contributed by atoms with Crippen molar-refractivity contribution in [1.82, 2.24) is 14.8 Å². The number of amides is 2. The molecule has 0 saturated carbocycles. The van der Waals surface area contributed by atoms with Crippen LogP contribution in [0.25, 0.3) is 6.08 Å². The monoisotopic (exact) mass is 453 g/mol. The summed E-state index contributed by atoms with van der Waals surface area (Å²) in [6.45, 7) is 11.2. The molecule has 0 aliphatic carbocycles. The first-order valence-electron chi connectivity index (χ1n) is 11.2. The Labute approximate surface area is 194 Å². The van der Waals surface area contributed by atoms with E-state index < -0.39 is 29.3 Å². The van der Waals surface area contributed by atoms with Gasteiger partial charge in [0, 0.05) is 24.9 Å². The van der Waals surface area contributed by atoms with Crippen molar-refractivity contribution in [2.24, 2.45) is 5.92 Å². The van der Waals surface area contributed by atoms with Gasteiger partial charge in [0.15, 0.2) is 0 Å². The third-order valence-corrected chi connectivity index (χ3v) is 5.77. The smallest absolute Gasteiger partial charge is 0.411 e. The van der Waals surface area contributed by atoms with Crippen LogP contribution < -0.4 is 0 Å². The van der Waals surface area contributed by atoms with Gasteiger partial charge in [-0.2, -0.15) is 0 Å². The van der Waals surface area contributed by atoms with Crippen LogP contribution in [0, 0.1) is 5.92 Å². The molecule has 8 heteroatoms. The second-order valence-electron chi connectivity index (χ2n) is 10.7. The van der Waals surface area contributed by atoms with E-state index in [2.05, 4.69) is 4.98 Å². The minimum atomic E-state index is -0.704. The maximum atomic E-state index is 13.2. The number of allylic oxidation sites excluding steroid dienone is 2. The Bertz CT molecular complexity index is 1030. The lowest BCUT2D eigenvalue weighted by atomic mass is 9.79. The Morgan fingerprint density at radius 2 is 1.79 bits per heavy atom. The lowest BCUT2D eigenvalue weighted by Crippen LogP contribution is -2.69. The Morgan fingerprint density at radius 1 is 1.09 bits per heavy atom. The van der Waals surface area contributed by atoms with Crippen molar-refractivity contribution >= 4 is 24.0 Å². The second-order valence-corrected chi connectivity index (χ2v) is 10.7. The summed E-state index contributed by atoms with van der Waals surface area (Å²) in [7, 11) is 0. The number of hydrogen-bond acceptors (Lipinski definition) is 6. The van der Waals surface area contributed by atoms with Crippen LogP contribution in [0.15, 0.2) is 41.9 Å². The Kier molecular flexibility index (Phi) is 5.58. The highest BCUT2D eigenvalue weighted by atomic mass is 16.6. The molecule has 2 unspecified atom stereocenters. The lowest BCUT2D eigenvalue weighted by Gasteiger charge is -2.50. The molecule has 3 aliphatic heterocycles. The average Bonchev–Trinajstić information content (AvgIpc) is 3.06. The molecule has 2 fully saturated rings. The zero-order valence-electron chi connectivity index (χ0n) is 20.0. The Morgan fingerprint density at radius 3 is 2.39 bits per heavy atom. The van der Waals surface area contributed by atoms with Crippen LogP contribution >= 0.6 is 0 Å². The predicted octanol–water partition coefficient (Wildman–Crippen LogP) is 3.54. The number of aromatic nitrogens is 1. The van der Waals surface area contributed by atoms with E-state index in [0.29, 0.717) is 18.5 Å². The number of likely N-dealkylation sites (tertiary alicyclic amines) is 1. The molecule has 176 valence electrons. The number of ether oxygens (including phenoxy) is 2. The van der Waals surface area contributed by atoms with Crippen molar-refractivity contribution in [2.45, 2.75) is 71.2 Å². The number of esters is 1. The molecule has 0 bridgehead atoms. The fraction of sp³-hybridized carbons (Fsp3) is 0.520. The van der Waals surface area contributed by atoms with Crippen LogP contribution in [0.1, 0.15) is 53.5 Å². The molecule has 8 nitrogen and oxygen atoms in total. The molecule has 1 aromatic heterocycles. The van der Waals surface area contributed by atoms with E-state index in [-0.39, 0.29) is 23.6 Å². The first-order valence-corrected chi connectivity index (χ1v) is 11.2. The quantitative estimate of drug-likeness (QED) is 0.514. The number of pyridine rings is 1. The number of nitrogens with zero attached hydrogens (tertiary/aromatic N) is 3. The minimum absolute atomic E-state index is 0.0138. The lowest BCUT2D eigenvalue weighted by molar-refractivity contribution is -0.163. The van der Waals surface area contributed by atoms with Crippen LogP contribution in [0.3, 0.4) is 0 Å². The molecule has 0 aromatic carbocycles. The van der Waals surface area contributed by atoms with Crippen LogP contribution in [0.5, 0.6) is 0 Å². The van der Waals surface area contributed by atoms with Crippen LogP contribution in [0.2, 0.25) is 0 Å². The van der Waals surface area contributed by atoms with Gasteiger partial charge < -0.3 is 9.47 Å². The van der Waals surface area contributed by atoms with Gasteiger partial charge in [0.25, 0.3) is 5.91 Å². The van der Waals surface area contributed by atoms with E-state index in [1.807, 2.05) is 24.3 Å². The summed E-state index contributed by atoms with van der Waals surface area (Å²) in [5, 5.41) is 0. The summed E-state index contributed by atoms with van der Waals surface area (Å²) in [5.41, 5.74) is 0.496.